The Morgan fingerprint density at radius 2 is 1.50 bits per heavy atom. The number of hydrogen-bond donors (Lipinski definition) is 1. The smallest absolute Gasteiger partial charge is 0.416 e. The summed E-state index contributed by atoms with van der Waals surface area (Å²) in [5.74, 6) is -1.00. The lowest BCUT2D eigenvalue weighted by atomic mass is 9.96. The number of carboxylic acid groups (broad SMARTS) is 1. The van der Waals surface area contributed by atoms with E-state index >= 15 is 0 Å². The van der Waals surface area contributed by atoms with Crippen LogP contribution in [0, 0.1) is 0 Å². The molecule has 1 N–H and O–H groups in total. The maximum Gasteiger partial charge on any atom is 0.416 e. The van der Waals surface area contributed by atoms with Crippen LogP contribution in [0.4, 0.5) is 13.2 Å². The van der Waals surface area contributed by atoms with Gasteiger partial charge in [0.25, 0.3) is 0 Å². The number of benzene rings is 2. The third-order valence-electron chi connectivity index (χ3n) is 5.57. The third-order valence-corrected chi connectivity index (χ3v) is 8.07. The molecule has 0 aromatic heterocycles. The molecule has 3 rings (SSSR count). The van der Waals surface area contributed by atoms with Crippen LogP contribution in [0.3, 0.4) is 0 Å². The molecule has 1 aliphatic heterocycles. The van der Waals surface area contributed by atoms with E-state index in [1.54, 1.807) is 0 Å². The molecule has 6 nitrogen and oxygen atoms in total. The number of carboxylic acids is 1. The van der Waals surface area contributed by atoms with Gasteiger partial charge in [-0.05, 0) is 67.9 Å². The molecular weight excluding hydrogens is 471 g/mol. The molecule has 0 spiro atoms. The fourth-order valence-electron chi connectivity index (χ4n) is 3.59. The van der Waals surface area contributed by atoms with Crippen LogP contribution in [-0.2, 0) is 20.8 Å². The van der Waals surface area contributed by atoms with E-state index in [4.69, 9.17) is 4.74 Å². The minimum atomic E-state index is -4.46. The standard InChI is InChI=1S/C21H22F3NO5S.ClH/c1-2-25-13-11-20(12-14-25,19(26)27)31(28,29)18-9-7-17(8-10-18)30-16-5-3-15(4-6-16)21(22,23)24;/h3-10H,2,11-14H2,1H3,(H,26,27);1H. The van der Waals surface area contributed by atoms with Gasteiger partial charge in [0.2, 0.25) is 0 Å². The monoisotopic (exact) mass is 493 g/mol. The molecule has 0 saturated carbocycles. The second-order valence-electron chi connectivity index (χ2n) is 7.33. The van der Waals surface area contributed by atoms with Crippen LogP contribution in [0.25, 0.3) is 0 Å². The van der Waals surface area contributed by atoms with Gasteiger partial charge < -0.3 is 14.7 Å². The number of halogens is 4. The number of ether oxygens (including phenoxy) is 1. The molecule has 0 unspecified atom stereocenters. The summed E-state index contributed by atoms with van der Waals surface area (Å²) in [6, 6.07) is 9.30. The molecule has 1 saturated heterocycles. The maximum absolute atomic E-state index is 13.2. The summed E-state index contributed by atoms with van der Waals surface area (Å²) in [7, 11) is -4.17. The van der Waals surface area contributed by atoms with Crippen molar-refractivity contribution >= 4 is 28.2 Å². The SMILES string of the molecule is CCN1CCC(C(=O)O)(S(=O)(=O)c2ccc(Oc3ccc(C(F)(F)F)cc3)cc2)CC1.Cl. The average Bonchev–Trinajstić information content (AvgIpc) is 2.73. The zero-order chi connectivity index (χ0) is 22.9. The van der Waals surface area contributed by atoms with Crippen molar-refractivity contribution in [2.75, 3.05) is 19.6 Å². The number of nitrogens with zero attached hydrogens (tertiary/aromatic N) is 1. The Bertz CT molecular complexity index is 1030. The summed E-state index contributed by atoms with van der Waals surface area (Å²) in [5.41, 5.74) is -0.811. The number of aliphatic carboxylic acids is 1. The number of hydrogen-bond acceptors (Lipinski definition) is 5. The molecular formula is C21H23ClF3NO5S. The highest BCUT2D eigenvalue weighted by atomic mass is 35.5. The Balaban J connectivity index is 0.00000363. The van der Waals surface area contributed by atoms with Crippen LogP contribution in [-0.4, -0.2) is 48.8 Å². The highest BCUT2D eigenvalue weighted by Gasteiger charge is 2.53. The topological polar surface area (TPSA) is 83.9 Å². The highest BCUT2D eigenvalue weighted by Crippen LogP contribution is 2.37. The van der Waals surface area contributed by atoms with Crippen molar-refractivity contribution in [1.82, 2.24) is 4.90 Å². The largest absolute Gasteiger partial charge is 0.480 e. The first-order valence-corrected chi connectivity index (χ1v) is 11.1. The molecule has 1 aliphatic rings. The Labute approximate surface area is 190 Å². The van der Waals surface area contributed by atoms with Crippen LogP contribution < -0.4 is 4.74 Å². The minimum absolute atomic E-state index is 0. The van der Waals surface area contributed by atoms with Gasteiger partial charge in [-0.25, -0.2) is 8.42 Å². The number of alkyl halides is 3. The molecule has 32 heavy (non-hydrogen) atoms. The van der Waals surface area contributed by atoms with Crippen molar-refractivity contribution < 1.29 is 36.2 Å². The molecule has 1 fully saturated rings. The molecule has 0 aliphatic carbocycles. The number of sulfone groups is 1. The van der Waals surface area contributed by atoms with Crippen LogP contribution in [0.1, 0.15) is 25.3 Å². The summed E-state index contributed by atoms with van der Waals surface area (Å²) in [5, 5.41) is 9.77. The first kappa shape index (κ1) is 26.0. The molecule has 1 heterocycles. The van der Waals surface area contributed by atoms with E-state index in [0.717, 1.165) is 24.3 Å². The fraction of sp³-hybridized carbons (Fsp3) is 0.381. The van der Waals surface area contributed by atoms with Gasteiger partial charge in [-0.2, -0.15) is 13.2 Å². The van der Waals surface area contributed by atoms with E-state index in [0.29, 0.717) is 19.6 Å². The summed E-state index contributed by atoms with van der Waals surface area (Å²) in [4.78, 5) is 13.9. The summed E-state index contributed by atoms with van der Waals surface area (Å²) in [6.07, 6.45) is -4.48. The predicted molar refractivity (Wildman–Crippen MR) is 114 cm³/mol. The van der Waals surface area contributed by atoms with Crippen LogP contribution in [0.15, 0.2) is 53.4 Å². The lowest BCUT2D eigenvalue weighted by Crippen LogP contribution is -2.54. The average molecular weight is 494 g/mol. The quantitative estimate of drug-likeness (QED) is 0.631. The molecule has 0 radical (unpaired) electrons. The van der Waals surface area contributed by atoms with E-state index in [9.17, 15) is 31.5 Å². The Morgan fingerprint density at radius 1 is 1.03 bits per heavy atom. The number of likely N-dealkylation sites (tertiary alicyclic amines) is 1. The predicted octanol–water partition coefficient (Wildman–Crippen LogP) is 4.63. The summed E-state index contributed by atoms with van der Waals surface area (Å²) in [6.45, 7) is 3.39. The fourth-order valence-corrected chi connectivity index (χ4v) is 5.48. The van der Waals surface area contributed by atoms with Crippen molar-refractivity contribution in [3.8, 4) is 11.5 Å². The maximum atomic E-state index is 13.2. The summed E-state index contributed by atoms with van der Waals surface area (Å²) >= 11 is 0. The number of carbonyl (C=O) groups is 1. The van der Waals surface area contributed by atoms with Gasteiger partial charge in [0, 0.05) is 13.1 Å². The zero-order valence-corrected chi connectivity index (χ0v) is 18.8. The number of piperidine rings is 1. The van der Waals surface area contributed by atoms with E-state index in [2.05, 4.69) is 0 Å². The van der Waals surface area contributed by atoms with Crippen molar-refractivity contribution in [2.24, 2.45) is 0 Å². The van der Waals surface area contributed by atoms with Gasteiger partial charge >= 0.3 is 12.1 Å². The molecule has 11 heteroatoms. The van der Waals surface area contributed by atoms with Gasteiger partial charge in [-0.15, -0.1) is 12.4 Å². The minimum Gasteiger partial charge on any atom is -0.480 e. The summed E-state index contributed by atoms with van der Waals surface area (Å²) < 4.78 is 67.9. The molecule has 2 aromatic carbocycles. The van der Waals surface area contributed by atoms with Crippen LogP contribution in [0.2, 0.25) is 0 Å². The van der Waals surface area contributed by atoms with Gasteiger partial charge in [0.1, 0.15) is 11.5 Å². The normalized spacial score (nSPS) is 16.8. The van der Waals surface area contributed by atoms with E-state index < -0.39 is 32.3 Å². The second-order valence-corrected chi connectivity index (χ2v) is 9.59. The van der Waals surface area contributed by atoms with Crippen molar-refractivity contribution in [2.45, 2.75) is 35.6 Å². The van der Waals surface area contributed by atoms with Crippen molar-refractivity contribution in [3.63, 3.8) is 0 Å². The first-order chi connectivity index (χ1) is 14.5. The first-order valence-electron chi connectivity index (χ1n) is 9.65. The van der Waals surface area contributed by atoms with Crippen LogP contribution in [0.5, 0.6) is 11.5 Å². The van der Waals surface area contributed by atoms with Crippen molar-refractivity contribution in [3.05, 3.63) is 54.1 Å². The number of rotatable bonds is 6. The van der Waals surface area contributed by atoms with E-state index in [-0.39, 0.29) is 41.6 Å². The lowest BCUT2D eigenvalue weighted by molar-refractivity contribution is -0.141. The molecule has 0 bridgehead atoms. The Morgan fingerprint density at radius 3 is 1.91 bits per heavy atom. The van der Waals surface area contributed by atoms with Gasteiger partial charge in [0.05, 0.1) is 10.5 Å². The molecule has 0 amide bonds. The van der Waals surface area contributed by atoms with Gasteiger partial charge in [0.15, 0.2) is 14.6 Å². The van der Waals surface area contributed by atoms with E-state index in [1.807, 2.05) is 11.8 Å². The third kappa shape index (κ3) is 5.02. The Hall–Kier alpha value is -2.30. The zero-order valence-electron chi connectivity index (χ0n) is 17.1. The second kappa shape index (κ2) is 9.68. The van der Waals surface area contributed by atoms with Gasteiger partial charge in [-0.3, -0.25) is 4.79 Å². The van der Waals surface area contributed by atoms with Crippen molar-refractivity contribution in [1.29, 1.82) is 0 Å². The van der Waals surface area contributed by atoms with Crippen LogP contribution >= 0.6 is 12.4 Å². The van der Waals surface area contributed by atoms with E-state index in [1.165, 1.54) is 24.3 Å². The molecule has 2 aromatic rings. The lowest BCUT2D eigenvalue weighted by Gasteiger charge is -2.37. The Kier molecular flexibility index (Phi) is 7.85. The van der Waals surface area contributed by atoms with Gasteiger partial charge in [-0.1, -0.05) is 6.92 Å². The highest BCUT2D eigenvalue weighted by molar-refractivity contribution is 7.93. The molecule has 176 valence electrons. The molecule has 0 atom stereocenters.